The van der Waals surface area contributed by atoms with E-state index in [4.69, 9.17) is 0 Å². The maximum Gasteiger partial charge on any atom is 0.271 e. The number of hydrogen-bond donors (Lipinski definition) is 1. The normalized spacial score (nSPS) is 14.3. The number of benzene rings is 2. The van der Waals surface area contributed by atoms with Crippen molar-refractivity contribution < 1.29 is 18.1 Å². The second-order valence-electron chi connectivity index (χ2n) is 7.35. The zero-order chi connectivity index (χ0) is 22.3. The minimum absolute atomic E-state index is 0.00309. The minimum atomic E-state index is -4.09. The van der Waals surface area contributed by atoms with Gasteiger partial charge < -0.3 is 10.2 Å². The smallest absolute Gasteiger partial charge is 0.271 e. The average molecular weight is 447 g/mol. The summed E-state index contributed by atoms with van der Waals surface area (Å²) in [5.41, 5.74) is -0.193. The maximum absolute atomic E-state index is 13.2. The molecule has 1 aliphatic rings. The molecule has 1 saturated heterocycles. The monoisotopic (exact) mass is 446 g/mol. The largest absolute Gasteiger partial charge is 0.354 e. The number of hydrogen-bond acceptors (Lipinski definition) is 6. The Labute approximate surface area is 181 Å². The molecular formula is C21H26N4O5S. The van der Waals surface area contributed by atoms with E-state index in [0.717, 1.165) is 36.4 Å². The average Bonchev–Trinajstić information content (AvgIpc) is 3.29. The summed E-state index contributed by atoms with van der Waals surface area (Å²) in [7, 11) is -4.09. The van der Waals surface area contributed by atoms with E-state index in [1.54, 1.807) is 18.2 Å². The van der Waals surface area contributed by atoms with Crippen LogP contribution in [0, 0.1) is 10.1 Å². The van der Waals surface area contributed by atoms with Crippen LogP contribution in [0.3, 0.4) is 0 Å². The number of carbonyl (C=O) groups is 1. The van der Waals surface area contributed by atoms with Crippen molar-refractivity contribution in [1.82, 2.24) is 10.2 Å². The van der Waals surface area contributed by atoms with Gasteiger partial charge in [-0.15, -0.1) is 0 Å². The van der Waals surface area contributed by atoms with Gasteiger partial charge in [0.05, 0.1) is 15.5 Å². The molecule has 0 aromatic heterocycles. The van der Waals surface area contributed by atoms with Crippen LogP contribution in [0.5, 0.6) is 0 Å². The van der Waals surface area contributed by atoms with E-state index in [-0.39, 0.29) is 16.3 Å². The van der Waals surface area contributed by atoms with Gasteiger partial charge in [0.2, 0.25) is 5.91 Å². The first-order chi connectivity index (χ1) is 14.9. The van der Waals surface area contributed by atoms with Crippen molar-refractivity contribution in [3.63, 3.8) is 0 Å². The molecule has 0 atom stereocenters. The molecule has 1 amide bonds. The molecule has 9 nitrogen and oxygen atoms in total. The zero-order valence-electron chi connectivity index (χ0n) is 17.1. The summed E-state index contributed by atoms with van der Waals surface area (Å²) < 4.78 is 27.4. The van der Waals surface area contributed by atoms with Crippen LogP contribution in [0.1, 0.15) is 19.3 Å². The third kappa shape index (κ3) is 6.02. The van der Waals surface area contributed by atoms with Crippen molar-refractivity contribution in [2.24, 2.45) is 0 Å². The van der Waals surface area contributed by atoms with Crippen molar-refractivity contribution in [2.45, 2.75) is 24.2 Å². The number of likely N-dealkylation sites (tertiary alicyclic amines) is 1. The topological polar surface area (TPSA) is 113 Å². The lowest BCUT2D eigenvalue weighted by Crippen LogP contribution is -2.41. The Bertz CT molecular complexity index is 1010. The molecule has 3 rings (SSSR count). The van der Waals surface area contributed by atoms with Gasteiger partial charge in [-0.05, 0) is 57.1 Å². The van der Waals surface area contributed by atoms with Gasteiger partial charge >= 0.3 is 0 Å². The lowest BCUT2D eigenvalue weighted by atomic mass is 10.3. The van der Waals surface area contributed by atoms with Crippen molar-refractivity contribution in [1.29, 1.82) is 0 Å². The molecule has 1 heterocycles. The van der Waals surface area contributed by atoms with Crippen LogP contribution < -0.4 is 9.62 Å². The number of non-ortho nitro benzene ring substituents is 1. The summed E-state index contributed by atoms with van der Waals surface area (Å²) in [6, 6.07) is 13.0. The van der Waals surface area contributed by atoms with E-state index in [0.29, 0.717) is 6.54 Å². The first kappa shape index (κ1) is 22.7. The Hall–Kier alpha value is -2.98. The summed E-state index contributed by atoms with van der Waals surface area (Å²) in [5.74, 6) is -0.465. The quantitative estimate of drug-likeness (QED) is 0.341. The van der Waals surface area contributed by atoms with E-state index in [1.165, 1.54) is 43.2 Å². The highest BCUT2D eigenvalue weighted by Crippen LogP contribution is 2.26. The van der Waals surface area contributed by atoms with Gasteiger partial charge in [-0.25, -0.2) is 8.42 Å². The van der Waals surface area contributed by atoms with Gasteiger partial charge in [-0.1, -0.05) is 24.3 Å². The van der Waals surface area contributed by atoms with Crippen molar-refractivity contribution in [3.05, 3.63) is 64.7 Å². The summed E-state index contributed by atoms with van der Waals surface area (Å²) in [5, 5.41) is 13.9. The first-order valence-electron chi connectivity index (χ1n) is 10.2. The number of amides is 1. The fraction of sp³-hybridized carbons (Fsp3) is 0.381. The molecular weight excluding hydrogens is 420 g/mol. The van der Waals surface area contributed by atoms with Gasteiger partial charge in [0.25, 0.3) is 15.7 Å². The molecule has 2 aromatic carbocycles. The zero-order valence-corrected chi connectivity index (χ0v) is 18.0. The number of nitro groups is 1. The van der Waals surface area contributed by atoms with E-state index >= 15 is 0 Å². The molecule has 31 heavy (non-hydrogen) atoms. The lowest BCUT2D eigenvalue weighted by molar-refractivity contribution is -0.384. The van der Waals surface area contributed by atoms with E-state index in [9.17, 15) is 23.3 Å². The van der Waals surface area contributed by atoms with Gasteiger partial charge in [0, 0.05) is 18.7 Å². The Kier molecular flexibility index (Phi) is 7.59. The summed E-state index contributed by atoms with van der Waals surface area (Å²) in [4.78, 5) is 25.4. The van der Waals surface area contributed by atoms with Gasteiger partial charge in [0.1, 0.15) is 6.54 Å². The molecule has 166 valence electrons. The number of anilines is 1. The molecule has 0 aliphatic carbocycles. The Morgan fingerprint density at radius 2 is 1.81 bits per heavy atom. The van der Waals surface area contributed by atoms with Crippen LogP contribution >= 0.6 is 0 Å². The highest BCUT2D eigenvalue weighted by Gasteiger charge is 2.28. The molecule has 0 bridgehead atoms. The van der Waals surface area contributed by atoms with Crippen molar-refractivity contribution in [2.75, 3.05) is 37.0 Å². The molecule has 2 aromatic rings. The number of sulfonamides is 1. The SMILES string of the molecule is O=C(CN(c1cccc([N+](=O)[O-])c1)S(=O)(=O)c1ccccc1)NCCCN1CCCC1. The standard InChI is InChI=1S/C21H26N4O5S/c26-21(22-12-7-15-23-13-4-5-14-23)17-24(18-8-6-9-19(16-18)25(27)28)31(29,30)20-10-2-1-3-11-20/h1-3,6,8-11,16H,4-5,7,12-15,17H2,(H,22,26). The second kappa shape index (κ2) is 10.4. The summed E-state index contributed by atoms with van der Waals surface area (Å²) in [6.45, 7) is 3.00. The fourth-order valence-electron chi connectivity index (χ4n) is 3.52. The molecule has 1 aliphatic heterocycles. The van der Waals surface area contributed by atoms with Crippen LogP contribution in [-0.2, 0) is 14.8 Å². The number of nitrogens with one attached hydrogen (secondary N) is 1. The summed E-state index contributed by atoms with van der Waals surface area (Å²) in [6.07, 6.45) is 3.16. The fourth-order valence-corrected chi connectivity index (χ4v) is 4.95. The molecule has 1 N–H and O–H groups in total. The number of nitro benzene ring substituents is 1. The predicted octanol–water partition coefficient (Wildman–Crippen LogP) is 2.39. The van der Waals surface area contributed by atoms with Crippen LogP contribution in [0.15, 0.2) is 59.5 Å². The summed E-state index contributed by atoms with van der Waals surface area (Å²) >= 11 is 0. The van der Waals surface area contributed by atoms with E-state index in [2.05, 4.69) is 10.2 Å². The van der Waals surface area contributed by atoms with Gasteiger partial charge in [-0.3, -0.25) is 19.2 Å². The van der Waals surface area contributed by atoms with E-state index < -0.39 is 27.4 Å². The van der Waals surface area contributed by atoms with E-state index in [1.807, 2.05) is 0 Å². The van der Waals surface area contributed by atoms with Crippen molar-refractivity contribution >= 4 is 27.3 Å². The van der Waals surface area contributed by atoms with Gasteiger partial charge in [-0.2, -0.15) is 0 Å². The molecule has 0 radical (unpaired) electrons. The maximum atomic E-state index is 13.2. The Morgan fingerprint density at radius 3 is 2.48 bits per heavy atom. The predicted molar refractivity (Wildman–Crippen MR) is 117 cm³/mol. The molecule has 1 fully saturated rings. The highest BCUT2D eigenvalue weighted by molar-refractivity contribution is 7.92. The van der Waals surface area contributed by atoms with Crippen LogP contribution in [0.2, 0.25) is 0 Å². The van der Waals surface area contributed by atoms with Gasteiger partial charge in [0.15, 0.2) is 0 Å². The van der Waals surface area contributed by atoms with Crippen molar-refractivity contribution in [3.8, 4) is 0 Å². The third-order valence-corrected chi connectivity index (χ3v) is 6.91. The number of carbonyl (C=O) groups excluding carboxylic acids is 1. The second-order valence-corrected chi connectivity index (χ2v) is 9.22. The molecule has 0 saturated carbocycles. The lowest BCUT2D eigenvalue weighted by Gasteiger charge is -2.24. The van der Waals surface area contributed by atoms with Crippen LogP contribution in [0.25, 0.3) is 0 Å². The minimum Gasteiger partial charge on any atom is -0.354 e. The van der Waals surface area contributed by atoms with Crippen LogP contribution in [-0.4, -0.2) is 56.9 Å². The number of rotatable bonds is 10. The molecule has 0 unspecified atom stereocenters. The number of nitrogens with zero attached hydrogens (tertiary/aromatic N) is 3. The first-order valence-corrected chi connectivity index (χ1v) is 11.6. The highest BCUT2D eigenvalue weighted by atomic mass is 32.2. The Balaban J connectivity index is 1.75. The Morgan fingerprint density at radius 1 is 1.10 bits per heavy atom. The third-order valence-electron chi connectivity index (χ3n) is 5.12. The van der Waals surface area contributed by atoms with Crippen LogP contribution in [0.4, 0.5) is 11.4 Å². The molecule has 0 spiro atoms. The molecule has 10 heteroatoms.